The van der Waals surface area contributed by atoms with Gasteiger partial charge < -0.3 is 10.5 Å². The Morgan fingerprint density at radius 2 is 2.00 bits per heavy atom. The van der Waals surface area contributed by atoms with E-state index in [9.17, 15) is 10.0 Å². The van der Waals surface area contributed by atoms with Crippen LogP contribution in [0.25, 0.3) is 11.1 Å². The van der Waals surface area contributed by atoms with E-state index in [0.717, 1.165) is 42.9 Å². The Morgan fingerprint density at radius 3 is 2.73 bits per heavy atom. The molecule has 0 spiro atoms. The van der Waals surface area contributed by atoms with Crippen molar-refractivity contribution < 1.29 is 10.0 Å². The molecule has 0 radical (unpaired) electrons. The lowest BCUT2D eigenvalue weighted by atomic mass is 9.85. The molecule has 0 atom stereocenters. The van der Waals surface area contributed by atoms with Gasteiger partial charge >= 0.3 is 0 Å². The van der Waals surface area contributed by atoms with Crippen LogP contribution < -0.4 is 5.32 Å². The third-order valence-corrected chi connectivity index (χ3v) is 5.76. The molecule has 2 aliphatic rings. The minimum atomic E-state index is -0.337. The summed E-state index contributed by atoms with van der Waals surface area (Å²) in [4.78, 5) is 14.6. The number of fused-ring (bicyclic) bond motifs is 3. The van der Waals surface area contributed by atoms with Crippen molar-refractivity contribution in [1.29, 1.82) is 0 Å². The number of amides is 1. The second kappa shape index (κ2) is 6.25. The van der Waals surface area contributed by atoms with E-state index >= 15 is 0 Å². The van der Waals surface area contributed by atoms with Gasteiger partial charge in [0.1, 0.15) is 0 Å². The highest BCUT2D eigenvalue weighted by molar-refractivity contribution is 6.54. The van der Waals surface area contributed by atoms with Crippen molar-refractivity contribution in [3.05, 3.63) is 52.1 Å². The van der Waals surface area contributed by atoms with Gasteiger partial charge in [0.05, 0.1) is 5.69 Å². The largest absolute Gasteiger partial charge is 0.410 e. The number of hydrogen-bond donors (Lipinski definition) is 2. The molecule has 4 rings (SSSR count). The fraction of sp³-hybridized carbons (Fsp3) is 0.333. The smallest absolute Gasteiger partial charge is 0.278 e. The first kappa shape index (κ1) is 16.8. The number of carbonyl (C=O) groups is 1. The van der Waals surface area contributed by atoms with Gasteiger partial charge in [0, 0.05) is 18.7 Å². The molecule has 26 heavy (non-hydrogen) atoms. The van der Waals surface area contributed by atoms with Crippen molar-refractivity contribution in [1.82, 2.24) is 4.90 Å². The third-order valence-electron chi connectivity index (χ3n) is 5.76. The van der Waals surface area contributed by atoms with Gasteiger partial charge in [-0.15, -0.1) is 0 Å². The molecular weight excluding hydrogens is 326 g/mol. The molecule has 0 bridgehead atoms. The highest BCUT2D eigenvalue weighted by Crippen LogP contribution is 2.41. The molecular formula is C21H23N3O2. The molecule has 2 heterocycles. The molecule has 2 N–H and O–H groups in total. The number of nitrogens with zero attached hydrogens (tertiary/aromatic N) is 2. The Kier molecular flexibility index (Phi) is 4.04. The van der Waals surface area contributed by atoms with E-state index in [-0.39, 0.29) is 11.6 Å². The van der Waals surface area contributed by atoms with E-state index in [1.165, 1.54) is 22.3 Å². The molecule has 1 amide bonds. The maximum Gasteiger partial charge on any atom is 0.278 e. The Morgan fingerprint density at radius 1 is 1.19 bits per heavy atom. The maximum atomic E-state index is 12.3. The molecule has 0 unspecified atom stereocenters. The second-order valence-electron chi connectivity index (χ2n) is 7.07. The van der Waals surface area contributed by atoms with Crippen LogP contribution in [-0.4, -0.2) is 34.8 Å². The zero-order valence-electron chi connectivity index (χ0n) is 15.4. The van der Waals surface area contributed by atoms with E-state index in [1.807, 2.05) is 6.07 Å². The zero-order valence-corrected chi connectivity index (χ0v) is 15.4. The number of aryl methyl sites for hydroxylation is 1. The predicted molar refractivity (Wildman–Crippen MR) is 103 cm³/mol. The number of anilines is 1. The average molecular weight is 349 g/mol. The van der Waals surface area contributed by atoms with Gasteiger partial charge in [0.15, 0.2) is 5.71 Å². The summed E-state index contributed by atoms with van der Waals surface area (Å²) < 4.78 is 0. The van der Waals surface area contributed by atoms with Crippen molar-refractivity contribution in [2.75, 3.05) is 18.4 Å². The second-order valence-corrected chi connectivity index (χ2v) is 7.07. The normalized spacial score (nSPS) is 18.0. The topological polar surface area (TPSA) is 64.9 Å². The van der Waals surface area contributed by atoms with Gasteiger partial charge in [-0.2, -0.15) is 0 Å². The van der Waals surface area contributed by atoms with E-state index < -0.39 is 0 Å². The van der Waals surface area contributed by atoms with Crippen LogP contribution in [0.1, 0.15) is 34.7 Å². The van der Waals surface area contributed by atoms with Gasteiger partial charge in [-0.25, -0.2) is 0 Å². The lowest BCUT2D eigenvalue weighted by Crippen LogP contribution is -2.31. The third kappa shape index (κ3) is 2.42. The van der Waals surface area contributed by atoms with Crippen LogP contribution in [0.5, 0.6) is 0 Å². The van der Waals surface area contributed by atoms with Crippen LogP contribution in [-0.2, 0) is 17.8 Å². The van der Waals surface area contributed by atoms with Crippen LogP contribution >= 0.6 is 0 Å². The summed E-state index contributed by atoms with van der Waals surface area (Å²) in [6, 6.07) is 8.34. The molecule has 0 saturated heterocycles. The predicted octanol–water partition coefficient (Wildman–Crippen LogP) is 3.48. The summed E-state index contributed by atoms with van der Waals surface area (Å²) >= 11 is 0. The van der Waals surface area contributed by atoms with Crippen LogP contribution in [0.3, 0.4) is 0 Å². The molecule has 0 saturated carbocycles. The van der Waals surface area contributed by atoms with E-state index in [0.29, 0.717) is 5.56 Å². The van der Waals surface area contributed by atoms with Gasteiger partial charge in [0.25, 0.3) is 5.91 Å². The number of hydrogen-bond acceptors (Lipinski definition) is 4. The lowest BCUT2D eigenvalue weighted by molar-refractivity contribution is -0.110. The summed E-state index contributed by atoms with van der Waals surface area (Å²) in [6.07, 6.45) is 0.945. The summed E-state index contributed by atoms with van der Waals surface area (Å²) in [6.45, 7) is 9.18. The highest BCUT2D eigenvalue weighted by Gasteiger charge is 2.33. The van der Waals surface area contributed by atoms with Crippen molar-refractivity contribution in [2.24, 2.45) is 5.16 Å². The van der Waals surface area contributed by atoms with Crippen molar-refractivity contribution in [2.45, 2.75) is 33.7 Å². The van der Waals surface area contributed by atoms with Crippen molar-refractivity contribution >= 4 is 17.3 Å². The summed E-state index contributed by atoms with van der Waals surface area (Å²) in [5.74, 6) is -0.337. The molecule has 0 fully saturated rings. The molecule has 2 aromatic rings. The van der Waals surface area contributed by atoms with Crippen LogP contribution in [0.4, 0.5) is 5.69 Å². The molecule has 2 aromatic carbocycles. The molecule has 5 nitrogen and oxygen atoms in total. The number of carbonyl (C=O) groups excluding carboxylic acids is 1. The average Bonchev–Trinajstić information content (AvgIpc) is 2.98. The number of oxime groups is 1. The number of benzene rings is 2. The highest BCUT2D eigenvalue weighted by atomic mass is 16.4. The molecule has 0 aromatic heterocycles. The van der Waals surface area contributed by atoms with E-state index in [1.54, 1.807) is 0 Å². The molecule has 0 aliphatic carbocycles. The standard InChI is InChI=1S/C21H23N3O2/c1-4-24-9-8-15-16(14-7-5-6-12(2)13(14)3)10-17-19(18(15)11-24)22-21(25)20(17)23-26/h5-7,10,26H,4,8-9,11H2,1-3H3,(H,22,23,25). The van der Waals surface area contributed by atoms with E-state index in [4.69, 9.17) is 0 Å². The van der Waals surface area contributed by atoms with Crippen LogP contribution in [0.15, 0.2) is 29.4 Å². The fourth-order valence-corrected chi connectivity index (χ4v) is 4.09. The van der Waals surface area contributed by atoms with Crippen LogP contribution in [0, 0.1) is 13.8 Å². The summed E-state index contributed by atoms with van der Waals surface area (Å²) in [7, 11) is 0. The van der Waals surface area contributed by atoms with Crippen LogP contribution in [0.2, 0.25) is 0 Å². The first-order chi connectivity index (χ1) is 12.5. The molecule has 134 valence electrons. The zero-order chi connectivity index (χ0) is 18.4. The minimum absolute atomic E-state index is 0.1000. The van der Waals surface area contributed by atoms with Gasteiger partial charge in [0.2, 0.25) is 0 Å². The lowest BCUT2D eigenvalue weighted by Gasteiger charge is -2.31. The maximum absolute atomic E-state index is 12.3. The number of rotatable bonds is 2. The van der Waals surface area contributed by atoms with Crippen molar-refractivity contribution in [3.8, 4) is 11.1 Å². The number of nitrogens with one attached hydrogen (secondary N) is 1. The van der Waals surface area contributed by atoms with E-state index in [2.05, 4.69) is 54.3 Å². The van der Waals surface area contributed by atoms with Gasteiger partial charge in [-0.1, -0.05) is 30.3 Å². The van der Waals surface area contributed by atoms with Gasteiger partial charge in [-0.05, 0) is 66.3 Å². The molecule has 2 aliphatic heterocycles. The Hall–Kier alpha value is -2.66. The summed E-state index contributed by atoms with van der Waals surface area (Å²) in [5.41, 5.74) is 8.87. The Labute approximate surface area is 153 Å². The Balaban J connectivity index is 2.01. The van der Waals surface area contributed by atoms with Crippen molar-refractivity contribution in [3.63, 3.8) is 0 Å². The number of likely N-dealkylation sites (N-methyl/N-ethyl adjacent to an activating group) is 1. The first-order valence-electron chi connectivity index (χ1n) is 9.06. The first-order valence-corrected chi connectivity index (χ1v) is 9.06. The Bertz CT molecular complexity index is 947. The molecule has 5 heteroatoms. The minimum Gasteiger partial charge on any atom is -0.410 e. The van der Waals surface area contributed by atoms with Gasteiger partial charge in [-0.3, -0.25) is 9.69 Å². The summed E-state index contributed by atoms with van der Waals surface area (Å²) in [5, 5.41) is 15.5. The fourth-order valence-electron chi connectivity index (χ4n) is 4.09. The quantitative estimate of drug-likeness (QED) is 0.644. The SMILES string of the molecule is CCN1CCc2c(-c3cccc(C)c3C)cc3c(c2C1)NC(=O)/C3=N/O. The monoisotopic (exact) mass is 349 g/mol.